The van der Waals surface area contributed by atoms with Gasteiger partial charge in [0.05, 0.1) is 6.54 Å². The van der Waals surface area contributed by atoms with Crippen LogP contribution in [0.4, 0.5) is 0 Å². The summed E-state index contributed by atoms with van der Waals surface area (Å²) in [6.45, 7) is 1.34. The fraction of sp³-hybridized carbons (Fsp3) is 0.385. The minimum Gasteiger partial charge on any atom is -0.353 e. The fourth-order valence-electron chi connectivity index (χ4n) is 1.80. The third kappa shape index (κ3) is 4.44. The molecule has 0 radical (unpaired) electrons. The number of thioether (sulfide) groups is 1. The summed E-state index contributed by atoms with van der Waals surface area (Å²) < 4.78 is 0. The van der Waals surface area contributed by atoms with E-state index in [9.17, 15) is 9.59 Å². The van der Waals surface area contributed by atoms with Gasteiger partial charge in [-0.1, -0.05) is 11.6 Å². The average Bonchev–Trinajstić information content (AvgIpc) is 2.41. The summed E-state index contributed by atoms with van der Waals surface area (Å²) in [6.07, 6.45) is 0.445. The number of carbonyl (C=O) groups excluding carboxylic acids is 2. The van der Waals surface area contributed by atoms with Crippen LogP contribution in [-0.4, -0.2) is 42.1 Å². The quantitative estimate of drug-likeness (QED) is 0.862. The summed E-state index contributed by atoms with van der Waals surface area (Å²) >= 11 is 7.42. The zero-order valence-electron chi connectivity index (χ0n) is 10.4. The molecule has 0 atom stereocenters. The second kappa shape index (κ2) is 6.82. The van der Waals surface area contributed by atoms with E-state index in [2.05, 4.69) is 5.32 Å². The first-order valence-corrected chi connectivity index (χ1v) is 7.44. The maximum atomic E-state index is 11.9. The minimum absolute atomic E-state index is 0.0383. The van der Waals surface area contributed by atoms with Crippen molar-refractivity contribution in [3.8, 4) is 0 Å². The van der Waals surface area contributed by atoms with Gasteiger partial charge in [-0.3, -0.25) is 9.59 Å². The number of hydrogen-bond acceptors (Lipinski definition) is 3. The molecule has 0 bridgehead atoms. The van der Waals surface area contributed by atoms with Gasteiger partial charge in [-0.05, 0) is 24.3 Å². The maximum absolute atomic E-state index is 11.9. The lowest BCUT2D eigenvalue weighted by Gasteiger charge is -2.26. The molecular weight excluding hydrogens is 284 g/mol. The first kappa shape index (κ1) is 14.2. The average molecular weight is 299 g/mol. The van der Waals surface area contributed by atoms with E-state index in [-0.39, 0.29) is 18.4 Å². The van der Waals surface area contributed by atoms with E-state index in [0.717, 1.165) is 4.90 Å². The Labute approximate surface area is 121 Å². The molecule has 1 aliphatic heterocycles. The maximum Gasteiger partial charge on any atom is 0.239 e. The number of benzene rings is 1. The van der Waals surface area contributed by atoms with Gasteiger partial charge in [-0.25, -0.2) is 0 Å². The van der Waals surface area contributed by atoms with Crippen molar-refractivity contribution < 1.29 is 9.59 Å². The lowest BCUT2D eigenvalue weighted by atomic mass is 10.3. The predicted molar refractivity (Wildman–Crippen MR) is 76.4 cm³/mol. The first-order valence-electron chi connectivity index (χ1n) is 6.08. The van der Waals surface area contributed by atoms with Gasteiger partial charge < -0.3 is 10.2 Å². The molecule has 1 N–H and O–H groups in total. The van der Waals surface area contributed by atoms with Gasteiger partial charge in [-0.15, -0.1) is 11.8 Å². The van der Waals surface area contributed by atoms with E-state index < -0.39 is 0 Å². The van der Waals surface area contributed by atoms with E-state index in [1.807, 2.05) is 24.3 Å². The van der Waals surface area contributed by atoms with Crippen LogP contribution in [0.15, 0.2) is 29.2 Å². The molecule has 1 saturated heterocycles. The van der Waals surface area contributed by atoms with Crippen molar-refractivity contribution in [3.05, 3.63) is 29.3 Å². The van der Waals surface area contributed by atoms with Gasteiger partial charge in [0.15, 0.2) is 0 Å². The van der Waals surface area contributed by atoms with Crippen LogP contribution in [0.25, 0.3) is 0 Å². The Bertz CT molecular complexity index is 464. The smallest absolute Gasteiger partial charge is 0.239 e. The monoisotopic (exact) mass is 298 g/mol. The second-order valence-electron chi connectivity index (χ2n) is 4.22. The Kier molecular flexibility index (Phi) is 5.10. The van der Waals surface area contributed by atoms with Crippen molar-refractivity contribution >= 4 is 35.2 Å². The summed E-state index contributed by atoms with van der Waals surface area (Å²) in [6, 6.07) is 7.54. The summed E-state index contributed by atoms with van der Waals surface area (Å²) in [5, 5.41) is 3.41. The Morgan fingerprint density at radius 3 is 2.79 bits per heavy atom. The van der Waals surface area contributed by atoms with Gasteiger partial charge in [-0.2, -0.15) is 0 Å². The molecule has 102 valence electrons. The highest BCUT2D eigenvalue weighted by molar-refractivity contribution is 7.99. The number of halogens is 1. The van der Waals surface area contributed by atoms with E-state index in [0.29, 0.717) is 30.3 Å². The van der Waals surface area contributed by atoms with Crippen LogP contribution in [0.3, 0.4) is 0 Å². The first-order chi connectivity index (χ1) is 9.15. The van der Waals surface area contributed by atoms with Gasteiger partial charge >= 0.3 is 0 Å². The topological polar surface area (TPSA) is 49.4 Å². The molecule has 6 heteroatoms. The molecule has 2 amide bonds. The molecule has 0 aromatic heterocycles. The van der Waals surface area contributed by atoms with Crippen LogP contribution < -0.4 is 5.32 Å². The molecule has 0 aliphatic carbocycles. The molecule has 1 fully saturated rings. The van der Waals surface area contributed by atoms with Crippen molar-refractivity contribution in [1.82, 2.24) is 10.2 Å². The number of hydrogen-bond donors (Lipinski definition) is 1. The molecule has 0 spiro atoms. The largest absolute Gasteiger partial charge is 0.353 e. The third-order valence-corrected chi connectivity index (χ3v) is 4.06. The van der Waals surface area contributed by atoms with Crippen LogP contribution in [0, 0.1) is 0 Å². The lowest BCUT2D eigenvalue weighted by Crippen LogP contribution is -2.50. The molecule has 1 aliphatic rings. The Balaban J connectivity index is 1.74. The van der Waals surface area contributed by atoms with Gasteiger partial charge in [0.2, 0.25) is 11.8 Å². The van der Waals surface area contributed by atoms with E-state index in [1.54, 1.807) is 16.7 Å². The molecule has 0 saturated carbocycles. The van der Waals surface area contributed by atoms with Gasteiger partial charge in [0.25, 0.3) is 0 Å². The van der Waals surface area contributed by atoms with Crippen molar-refractivity contribution in [1.29, 1.82) is 0 Å². The van der Waals surface area contributed by atoms with Crippen molar-refractivity contribution in [3.63, 3.8) is 0 Å². The highest BCUT2D eigenvalue weighted by Gasteiger charge is 2.20. The Morgan fingerprint density at radius 1 is 1.37 bits per heavy atom. The number of rotatable bonds is 4. The van der Waals surface area contributed by atoms with Crippen LogP contribution in [0.5, 0.6) is 0 Å². The lowest BCUT2D eigenvalue weighted by molar-refractivity contribution is -0.137. The molecule has 0 unspecified atom stereocenters. The summed E-state index contributed by atoms with van der Waals surface area (Å²) in [5.74, 6) is 0.666. The number of carbonyl (C=O) groups is 2. The van der Waals surface area contributed by atoms with Crippen molar-refractivity contribution in [2.24, 2.45) is 0 Å². The standard InChI is InChI=1S/C13H15ClN2O2S/c14-10-1-3-11(4-2-10)19-8-5-13(18)16-7-6-15-12(17)9-16/h1-4H,5-9H2,(H,15,17). The van der Waals surface area contributed by atoms with Crippen molar-refractivity contribution in [2.45, 2.75) is 11.3 Å². The normalized spacial score (nSPS) is 15.2. The van der Waals surface area contributed by atoms with Gasteiger partial charge in [0, 0.05) is 35.2 Å². The van der Waals surface area contributed by atoms with Crippen LogP contribution >= 0.6 is 23.4 Å². The number of nitrogens with zero attached hydrogens (tertiary/aromatic N) is 1. The summed E-state index contributed by atoms with van der Waals surface area (Å²) in [5.41, 5.74) is 0. The zero-order chi connectivity index (χ0) is 13.7. The van der Waals surface area contributed by atoms with Crippen LogP contribution in [0.2, 0.25) is 5.02 Å². The van der Waals surface area contributed by atoms with E-state index >= 15 is 0 Å². The van der Waals surface area contributed by atoms with Crippen LogP contribution in [-0.2, 0) is 9.59 Å². The summed E-state index contributed by atoms with van der Waals surface area (Å²) in [7, 11) is 0. The SMILES string of the molecule is O=C1CN(C(=O)CCSc2ccc(Cl)cc2)CCN1. The molecule has 1 heterocycles. The Hall–Kier alpha value is -1.20. The van der Waals surface area contributed by atoms with Crippen molar-refractivity contribution in [2.75, 3.05) is 25.4 Å². The predicted octanol–water partition coefficient (Wildman–Crippen LogP) is 1.78. The zero-order valence-corrected chi connectivity index (χ0v) is 12.0. The molecule has 1 aromatic carbocycles. The molecular formula is C13H15ClN2O2S. The molecule has 1 aromatic rings. The summed E-state index contributed by atoms with van der Waals surface area (Å²) in [4.78, 5) is 25.8. The Morgan fingerprint density at radius 2 is 2.11 bits per heavy atom. The minimum atomic E-state index is -0.0787. The fourth-order valence-corrected chi connectivity index (χ4v) is 2.76. The molecule has 19 heavy (non-hydrogen) atoms. The molecule has 4 nitrogen and oxygen atoms in total. The third-order valence-electron chi connectivity index (χ3n) is 2.79. The number of nitrogens with one attached hydrogen (secondary N) is 1. The van der Waals surface area contributed by atoms with E-state index in [4.69, 9.17) is 11.6 Å². The van der Waals surface area contributed by atoms with E-state index in [1.165, 1.54) is 0 Å². The second-order valence-corrected chi connectivity index (χ2v) is 5.82. The van der Waals surface area contributed by atoms with Gasteiger partial charge in [0.1, 0.15) is 0 Å². The molecule has 2 rings (SSSR count). The number of piperazine rings is 1. The van der Waals surface area contributed by atoms with Crippen LogP contribution in [0.1, 0.15) is 6.42 Å². The number of amides is 2. The highest BCUT2D eigenvalue weighted by atomic mass is 35.5. The highest BCUT2D eigenvalue weighted by Crippen LogP contribution is 2.21.